The van der Waals surface area contributed by atoms with E-state index < -0.39 is 5.41 Å². The number of hydrogen-bond acceptors (Lipinski definition) is 3. The first-order chi connectivity index (χ1) is 8.00. The lowest BCUT2D eigenvalue weighted by molar-refractivity contribution is 0.0855. The summed E-state index contributed by atoms with van der Waals surface area (Å²) in [5.74, 6) is 0.332. The van der Waals surface area contributed by atoms with Crippen LogP contribution in [0.25, 0.3) is 0 Å². The van der Waals surface area contributed by atoms with E-state index in [1.54, 1.807) is 0 Å². The molecule has 17 heavy (non-hydrogen) atoms. The monoisotopic (exact) mass is 236 g/mol. The maximum absolute atomic E-state index is 13.9. The van der Waals surface area contributed by atoms with Gasteiger partial charge in [-0.15, -0.1) is 0 Å². The van der Waals surface area contributed by atoms with Crippen molar-refractivity contribution in [3.8, 4) is 11.5 Å². The van der Waals surface area contributed by atoms with E-state index in [9.17, 15) is 9.18 Å². The summed E-state index contributed by atoms with van der Waals surface area (Å²) in [6, 6.07) is 1.32. The van der Waals surface area contributed by atoms with E-state index in [2.05, 4.69) is 0 Å². The van der Waals surface area contributed by atoms with Gasteiger partial charge in [-0.05, 0) is 6.42 Å². The van der Waals surface area contributed by atoms with E-state index in [4.69, 9.17) is 9.47 Å². The van der Waals surface area contributed by atoms with E-state index in [1.807, 2.05) is 13.8 Å². The summed E-state index contributed by atoms with van der Waals surface area (Å²) in [7, 11) is 0. The van der Waals surface area contributed by atoms with Gasteiger partial charge >= 0.3 is 0 Å². The molecule has 0 aromatic heterocycles. The first kappa shape index (κ1) is 10.6. The van der Waals surface area contributed by atoms with Gasteiger partial charge in [-0.3, -0.25) is 4.79 Å². The number of ketones is 1. The van der Waals surface area contributed by atoms with Crippen molar-refractivity contribution in [3.63, 3.8) is 0 Å². The number of benzene rings is 1. The van der Waals surface area contributed by atoms with Crippen molar-refractivity contribution < 1.29 is 18.7 Å². The predicted molar refractivity (Wildman–Crippen MR) is 59.2 cm³/mol. The average molecular weight is 236 g/mol. The van der Waals surface area contributed by atoms with Gasteiger partial charge in [0.25, 0.3) is 0 Å². The second-order valence-corrected chi connectivity index (χ2v) is 5.13. The van der Waals surface area contributed by atoms with Crippen molar-refractivity contribution >= 4 is 5.78 Å². The van der Waals surface area contributed by atoms with E-state index >= 15 is 0 Å². The molecule has 0 amide bonds. The molecule has 1 aliphatic carbocycles. The number of carbonyl (C=O) groups is 1. The van der Waals surface area contributed by atoms with Gasteiger partial charge < -0.3 is 9.47 Å². The van der Waals surface area contributed by atoms with Crippen LogP contribution in [0.5, 0.6) is 11.5 Å². The van der Waals surface area contributed by atoms with Gasteiger partial charge in [0.15, 0.2) is 17.3 Å². The van der Waals surface area contributed by atoms with Crippen LogP contribution >= 0.6 is 0 Å². The van der Waals surface area contributed by atoms with Crippen LogP contribution < -0.4 is 9.47 Å². The highest BCUT2D eigenvalue weighted by Crippen LogP contribution is 2.46. The minimum Gasteiger partial charge on any atom is -0.486 e. The van der Waals surface area contributed by atoms with Crippen molar-refractivity contribution in [1.82, 2.24) is 0 Å². The molecule has 1 aromatic rings. The molecule has 0 unspecified atom stereocenters. The summed E-state index contributed by atoms with van der Waals surface area (Å²) in [5, 5.41) is 0. The van der Waals surface area contributed by atoms with Crippen molar-refractivity contribution in [1.29, 1.82) is 0 Å². The van der Waals surface area contributed by atoms with E-state index in [0.29, 0.717) is 42.3 Å². The molecule has 90 valence electrons. The Kier molecular flexibility index (Phi) is 2.00. The lowest BCUT2D eigenvalue weighted by Gasteiger charge is -2.21. The molecular formula is C13H13FO3. The van der Waals surface area contributed by atoms with Gasteiger partial charge in [-0.25, -0.2) is 4.39 Å². The second kappa shape index (κ2) is 3.22. The number of Topliss-reactive ketones (excluding diaryl/α,β-unsaturated/α-hetero) is 1. The maximum atomic E-state index is 13.9. The molecule has 2 aliphatic rings. The molecule has 1 aromatic carbocycles. The van der Waals surface area contributed by atoms with Gasteiger partial charge in [0.05, 0.1) is 5.56 Å². The number of fused-ring (bicyclic) bond motifs is 3. The number of hydrogen-bond donors (Lipinski definition) is 0. The SMILES string of the molecule is CC1(C)Cc2c(F)cc3c(c2C1=O)OCCO3. The van der Waals surface area contributed by atoms with Crippen molar-refractivity contribution in [2.75, 3.05) is 13.2 Å². The van der Waals surface area contributed by atoms with Crippen LogP contribution in [0.15, 0.2) is 6.07 Å². The third-order valence-corrected chi connectivity index (χ3v) is 3.35. The van der Waals surface area contributed by atoms with Crippen LogP contribution in [0, 0.1) is 11.2 Å². The van der Waals surface area contributed by atoms with Crippen molar-refractivity contribution in [2.45, 2.75) is 20.3 Å². The summed E-state index contributed by atoms with van der Waals surface area (Å²) >= 11 is 0. The number of halogens is 1. The topological polar surface area (TPSA) is 35.5 Å². The maximum Gasteiger partial charge on any atom is 0.173 e. The van der Waals surface area contributed by atoms with Crippen LogP contribution in [-0.2, 0) is 6.42 Å². The highest BCUT2D eigenvalue weighted by atomic mass is 19.1. The fraction of sp³-hybridized carbons (Fsp3) is 0.462. The molecule has 0 atom stereocenters. The fourth-order valence-corrected chi connectivity index (χ4v) is 2.47. The Morgan fingerprint density at radius 1 is 1.29 bits per heavy atom. The van der Waals surface area contributed by atoms with Gasteiger partial charge in [-0.2, -0.15) is 0 Å². The van der Waals surface area contributed by atoms with Gasteiger partial charge in [-0.1, -0.05) is 13.8 Å². The third-order valence-electron chi connectivity index (χ3n) is 3.35. The van der Waals surface area contributed by atoms with Crippen LogP contribution in [0.3, 0.4) is 0 Å². The standard InChI is InChI=1S/C13H13FO3/c1-13(2)6-7-8(14)5-9-11(10(7)12(13)15)17-4-3-16-9/h5H,3-4,6H2,1-2H3. The summed E-state index contributed by atoms with van der Waals surface area (Å²) in [4.78, 5) is 12.2. The minimum absolute atomic E-state index is 0.0613. The van der Waals surface area contributed by atoms with Crippen LogP contribution in [0.4, 0.5) is 4.39 Å². The highest BCUT2D eigenvalue weighted by molar-refractivity contribution is 6.07. The average Bonchev–Trinajstić information content (AvgIpc) is 2.52. The summed E-state index contributed by atoms with van der Waals surface area (Å²) in [5.41, 5.74) is 0.285. The van der Waals surface area contributed by atoms with Crippen molar-refractivity contribution in [2.24, 2.45) is 5.41 Å². The zero-order valence-corrected chi connectivity index (χ0v) is 9.80. The zero-order chi connectivity index (χ0) is 12.2. The molecule has 4 heteroatoms. The number of rotatable bonds is 0. The molecule has 0 radical (unpaired) electrons. The second-order valence-electron chi connectivity index (χ2n) is 5.13. The van der Waals surface area contributed by atoms with Crippen molar-refractivity contribution in [3.05, 3.63) is 23.0 Å². The van der Waals surface area contributed by atoms with Crippen LogP contribution in [-0.4, -0.2) is 19.0 Å². The molecule has 1 heterocycles. The Balaban J connectivity index is 2.26. The number of carbonyl (C=O) groups excluding carboxylic acids is 1. The molecule has 0 fully saturated rings. The smallest absolute Gasteiger partial charge is 0.173 e. The Bertz CT molecular complexity index is 520. The molecule has 0 spiro atoms. The largest absolute Gasteiger partial charge is 0.486 e. The highest BCUT2D eigenvalue weighted by Gasteiger charge is 2.43. The molecule has 3 nitrogen and oxygen atoms in total. The molecule has 3 rings (SSSR count). The normalized spacial score (nSPS) is 20.3. The quantitative estimate of drug-likeness (QED) is 0.693. The Labute approximate surface area is 98.5 Å². The molecule has 0 saturated heterocycles. The first-order valence-corrected chi connectivity index (χ1v) is 5.66. The Morgan fingerprint density at radius 3 is 2.76 bits per heavy atom. The van der Waals surface area contributed by atoms with Gasteiger partial charge in [0.1, 0.15) is 19.0 Å². The lowest BCUT2D eigenvalue weighted by atomic mass is 9.89. The summed E-state index contributed by atoms with van der Waals surface area (Å²) in [6.45, 7) is 4.44. The third kappa shape index (κ3) is 1.36. The molecule has 0 saturated carbocycles. The minimum atomic E-state index is -0.556. The predicted octanol–water partition coefficient (Wildman–Crippen LogP) is 2.36. The zero-order valence-electron chi connectivity index (χ0n) is 9.80. The van der Waals surface area contributed by atoms with E-state index in [0.717, 1.165) is 0 Å². The van der Waals surface area contributed by atoms with Crippen LogP contribution in [0.2, 0.25) is 0 Å². The first-order valence-electron chi connectivity index (χ1n) is 5.66. The van der Waals surface area contributed by atoms with Gasteiger partial charge in [0.2, 0.25) is 0 Å². The fourth-order valence-electron chi connectivity index (χ4n) is 2.47. The van der Waals surface area contributed by atoms with E-state index in [1.165, 1.54) is 6.07 Å². The molecular weight excluding hydrogens is 223 g/mol. The van der Waals surface area contributed by atoms with Gasteiger partial charge in [0, 0.05) is 17.0 Å². The Morgan fingerprint density at radius 2 is 2.00 bits per heavy atom. The molecule has 1 aliphatic heterocycles. The molecule has 0 bridgehead atoms. The summed E-state index contributed by atoms with van der Waals surface area (Å²) in [6.07, 6.45) is 0.420. The molecule has 0 N–H and O–H groups in total. The summed E-state index contributed by atoms with van der Waals surface area (Å²) < 4.78 is 24.7. The number of ether oxygens (including phenoxy) is 2. The Hall–Kier alpha value is -1.58. The lowest BCUT2D eigenvalue weighted by Crippen LogP contribution is -2.21. The van der Waals surface area contributed by atoms with E-state index in [-0.39, 0.29) is 11.6 Å². The van der Waals surface area contributed by atoms with Crippen LogP contribution in [0.1, 0.15) is 29.8 Å².